The van der Waals surface area contributed by atoms with Gasteiger partial charge in [-0.25, -0.2) is 0 Å². The summed E-state index contributed by atoms with van der Waals surface area (Å²) in [6.45, 7) is 6.69. The molecule has 0 unspecified atom stereocenters. The zero-order chi connectivity index (χ0) is 11.5. The van der Waals surface area contributed by atoms with Crippen LogP contribution in [0.3, 0.4) is 0 Å². The van der Waals surface area contributed by atoms with Gasteiger partial charge in [-0.1, -0.05) is 39.5 Å². The van der Waals surface area contributed by atoms with Crippen LogP contribution in [0.1, 0.15) is 46.0 Å². The van der Waals surface area contributed by atoms with Gasteiger partial charge in [0.2, 0.25) is 0 Å². The number of rotatable bonds is 10. The molecule has 0 aromatic heterocycles. The first-order valence-corrected chi connectivity index (χ1v) is 6.25. The lowest BCUT2D eigenvalue weighted by Gasteiger charge is -2.22. The van der Waals surface area contributed by atoms with E-state index in [2.05, 4.69) is 18.7 Å². The van der Waals surface area contributed by atoms with Crippen LogP contribution < -0.4 is 0 Å². The van der Waals surface area contributed by atoms with Crippen LogP contribution in [0.4, 0.5) is 0 Å². The van der Waals surface area contributed by atoms with E-state index >= 15 is 0 Å². The second kappa shape index (κ2) is 10.4. The van der Waals surface area contributed by atoms with E-state index in [-0.39, 0.29) is 12.7 Å². The Labute approximate surface area is 94.1 Å². The topological polar surface area (TPSA) is 43.7 Å². The Morgan fingerprint density at radius 3 is 2.40 bits per heavy atom. The number of hydrogen-bond donors (Lipinski definition) is 2. The quantitative estimate of drug-likeness (QED) is 0.547. The van der Waals surface area contributed by atoms with Crippen molar-refractivity contribution in [3.05, 3.63) is 0 Å². The van der Waals surface area contributed by atoms with Gasteiger partial charge in [0.15, 0.2) is 0 Å². The lowest BCUT2D eigenvalue weighted by molar-refractivity contribution is 0.0946. The predicted octanol–water partition coefficient (Wildman–Crippen LogP) is 1.63. The molecule has 0 fully saturated rings. The summed E-state index contributed by atoms with van der Waals surface area (Å²) >= 11 is 0. The van der Waals surface area contributed by atoms with Crippen molar-refractivity contribution in [1.29, 1.82) is 0 Å². The first-order chi connectivity index (χ1) is 7.24. The molecule has 1 atom stereocenters. The number of likely N-dealkylation sites (N-methyl/N-ethyl adjacent to an activating group) is 1. The van der Waals surface area contributed by atoms with E-state index in [9.17, 15) is 5.11 Å². The number of aliphatic hydroxyl groups excluding tert-OH is 2. The summed E-state index contributed by atoms with van der Waals surface area (Å²) in [4.78, 5) is 2.09. The molecule has 0 spiro atoms. The zero-order valence-electron chi connectivity index (χ0n) is 10.3. The van der Waals surface area contributed by atoms with Gasteiger partial charge in [0, 0.05) is 13.1 Å². The Bertz CT molecular complexity index is 131. The van der Waals surface area contributed by atoms with E-state index in [4.69, 9.17) is 5.11 Å². The summed E-state index contributed by atoms with van der Waals surface area (Å²) in [5.41, 5.74) is 0. The van der Waals surface area contributed by atoms with Crippen LogP contribution in [0, 0.1) is 0 Å². The summed E-state index contributed by atoms with van der Waals surface area (Å²) in [5, 5.41) is 18.6. The SMILES string of the molecule is CCCCCC[C@@H](O)CN(CC)CCO. The molecular formula is C12H27NO2. The molecule has 0 saturated heterocycles. The largest absolute Gasteiger partial charge is 0.395 e. The molecule has 0 bridgehead atoms. The van der Waals surface area contributed by atoms with E-state index in [0.29, 0.717) is 13.1 Å². The van der Waals surface area contributed by atoms with E-state index in [1.165, 1.54) is 19.3 Å². The predicted molar refractivity (Wildman–Crippen MR) is 64.0 cm³/mol. The molecule has 3 nitrogen and oxygen atoms in total. The first kappa shape index (κ1) is 14.9. The molecule has 2 N–H and O–H groups in total. The van der Waals surface area contributed by atoms with Crippen molar-refractivity contribution in [3.8, 4) is 0 Å². The number of aliphatic hydroxyl groups is 2. The zero-order valence-corrected chi connectivity index (χ0v) is 10.3. The van der Waals surface area contributed by atoms with E-state index < -0.39 is 0 Å². The molecule has 0 aliphatic rings. The van der Waals surface area contributed by atoms with E-state index in [1.54, 1.807) is 0 Å². The molecular weight excluding hydrogens is 190 g/mol. The highest BCUT2D eigenvalue weighted by molar-refractivity contribution is 4.63. The molecule has 15 heavy (non-hydrogen) atoms. The van der Waals surface area contributed by atoms with Gasteiger partial charge in [0.1, 0.15) is 0 Å². The minimum absolute atomic E-state index is 0.177. The van der Waals surface area contributed by atoms with Crippen molar-refractivity contribution in [2.45, 2.75) is 52.1 Å². The van der Waals surface area contributed by atoms with Crippen LogP contribution in [0.15, 0.2) is 0 Å². The van der Waals surface area contributed by atoms with Crippen molar-refractivity contribution in [2.75, 3.05) is 26.2 Å². The summed E-state index contributed by atoms with van der Waals surface area (Å²) in [6.07, 6.45) is 5.50. The molecule has 0 aliphatic carbocycles. The van der Waals surface area contributed by atoms with Gasteiger partial charge in [-0.3, -0.25) is 4.90 Å². The van der Waals surface area contributed by atoms with Crippen LogP contribution in [0.25, 0.3) is 0 Å². The monoisotopic (exact) mass is 217 g/mol. The second-order valence-electron chi connectivity index (χ2n) is 4.12. The van der Waals surface area contributed by atoms with Crippen LogP contribution in [-0.4, -0.2) is 47.5 Å². The average molecular weight is 217 g/mol. The Balaban J connectivity index is 3.47. The van der Waals surface area contributed by atoms with Crippen LogP contribution in [0.2, 0.25) is 0 Å². The van der Waals surface area contributed by atoms with Gasteiger partial charge in [-0.15, -0.1) is 0 Å². The maximum Gasteiger partial charge on any atom is 0.0667 e. The third-order valence-corrected chi connectivity index (χ3v) is 2.72. The normalized spacial score (nSPS) is 13.4. The Morgan fingerprint density at radius 2 is 1.87 bits per heavy atom. The summed E-state index contributed by atoms with van der Waals surface area (Å²) < 4.78 is 0. The maximum atomic E-state index is 9.75. The van der Waals surface area contributed by atoms with Gasteiger partial charge in [0.25, 0.3) is 0 Å². The molecule has 0 heterocycles. The Kier molecular flexibility index (Phi) is 10.3. The van der Waals surface area contributed by atoms with Crippen molar-refractivity contribution < 1.29 is 10.2 Å². The van der Waals surface area contributed by atoms with Gasteiger partial charge >= 0.3 is 0 Å². The van der Waals surface area contributed by atoms with Gasteiger partial charge in [0.05, 0.1) is 12.7 Å². The van der Waals surface area contributed by atoms with Crippen LogP contribution in [-0.2, 0) is 0 Å². The Morgan fingerprint density at radius 1 is 1.13 bits per heavy atom. The fraction of sp³-hybridized carbons (Fsp3) is 1.00. The number of hydrogen-bond acceptors (Lipinski definition) is 3. The number of unbranched alkanes of at least 4 members (excludes halogenated alkanes) is 3. The fourth-order valence-corrected chi connectivity index (χ4v) is 1.72. The lowest BCUT2D eigenvalue weighted by Crippen LogP contribution is -2.34. The summed E-state index contributed by atoms with van der Waals surface area (Å²) in [6, 6.07) is 0. The second-order valence-corrected chi connectivity index (χ2v) is 4.12. The minimum atomic E-state index is -0.228. The highest BCUT2D eigenvalue weighted by Crippen LogP contribution is 2.06. The number of nitrogens with zero attached hydrogens (tertiary/aromatic N) is 1. The van der Waals surface area contributed by atoms with Gasteiger partial charge in [-0.05, 0) is 13.0 Å². The first-order valence-electron chi connectivity index (χ1n) is 6.25. The fourth-order valence-electron chi connectivity index (χ4n) is 1.72. The third-order valence-electron chi connectivity index (χ3n) is 2.72. The Hall–Kier alpha value is -0.120. The highest BCUT2D eigenvalue weighted by Gasteiger charge is 2.09. The smallest absolute Gasteiger partial charge is 0.0667 e. The summed E-state index contributed by atoms with van der Waals surface area (Å²) in [7, 11) is 0. The third kappa shape index (κ3) is 8.85. The van der Waals surface area contributed by atoms with Crippen LogP contribution >= 0.6 is 0 Å². The average Bonchev–Trinajstić information content (AvgIpc) is 2.24. The lowest BCUT2D eigenvalue weighted by atomic mass is 10.1. The van der Waals surface area contributed by atoms with Crippen molar-refractivity contribution in [2.24, 2.45) is 0 Å². The van der Waals surface area contributed by atoms with E-state index in [1.807, 2.05) is 0 Å². The molecule has 0 radical (unpaired) electrons. The van der Waals surface area contributed by atoms with Gasteiger partial charge < -0.3 is 10.2 Å². The van der Waals surface area contributed by atoms with Gasteiger partial charge in [-0.2, -0.15) is 0 Å². The minimum Gasteiger partial charge on any atom is -0.395 e. The van der Waals surface area contributed by atoms with Crippen molar-refractivity contribution in [3.63, 3.8) is 0 Å². The molecule has 92 valence electrons. The summed E-state index contributed by atoms with van der Waals surface area (Å²) in [5.74, 6) is 0. The molecule has 0 aromatic carbocycles. The van der Waals surface area contributed by atoms with Crippen molar-refractivity contribution >= 4 is 0 Å². The molecule has 0 saturated carbocycles. The molecule has 0 rings (SSSR count). The molecule has 0 aliphatic heterocycles. The molecule has 0 amide bonds. The van der Waals surface area contributed by atoms with Crippen molar-refractivity contribution in [1.82, 2.24) is 4.90 Å². The maximum absolute atomic E-state index is 9.75. The standard InChI is InChI=1S/C12H27NO2/c1-3-5-6-7-8-12(15)11-13(4-2)9-10-14/h12,14-15H,3-11H2,1-2H3/t12-/m1/s1. The van der Waals surface area contributed by atoms with Crippen LogP contribution in [0.5, 0.6) is 0 Å². The molecule has 0 aromatic rings. The van der Waals surface area contributed by atoms with E-state index in [0.717, 1.165) is 19.4 Å². The molecule has 3 heteroatoms. The highest BCUT2D eigenvalue weighted by atomic mass is 16.3.